The zero-order valence-electron chi connectivity index (χ0n) is 15.1. The highest BCUT2D eigenvalue weighted by molar-refractivity contribution is 7.66. The Bertz CT molecular complexity index is 1060. The summed E-state index contributed by atoms with van der Waals surface area (Å²) in [6.07, 6.45) is -4.65. The molecule has 6 atom stereocenters. The molecule has 21 heteroatoms. The summed E-state index contributed by atoms with van der Waals surface area (Å²) in [5.74, 6) is -2.62. The van der Waals surface area contributed by atoms with E-state index in [0.29, 0.717) is 0 Å². The van der Waals surface area contributed by atoms with Crippen molar-refractivity contribution in [2.24, 2.45) is 0 Å². The molecule has 8 N–H and O–H groups in total. The molecule has 0 aliphatic carbocycles. The molecule has 1 aliphatic heterocycles. The lowest BCUT2D eigenvalue weighted by Crippen LogP contribution is -2.48. The summed E-state index contributed by atoms with van der Waals surface area (Å²) in [5, 5.41) is 20.8. The van der Waals surface area contributed by atoms with Crippen molar-refractivity contribution >= 4 is 23.5 Å². The molecule has 0 spiro atoms. The van der Waals surface area contributed by atoms with E-state index in [4.69, 9.17) is 24.2 Å². The van der Waals surface area contributed by atoms with Crippen LogP contribution in [0.2, 0.25) is 0 Å². The Morgan fingerprint density at radius 3 is 2.26 bits per heavy atom. The standard InChI is InChI=1S/C10H17N2O16P3/c1-24-10(16)6(13)5(26-7(10)4-2-11-9(15)12-8(4)14)3-25-30(20,21)28-31(22,23)27-29(17,18)19/h2,5-7,13,16H,3H2,1H3,(H,20,21)(H,22,23)(H2,17,18,19)(H2,11,12,14,15)/t5-,6-,7+,10+/m1/s1. The van der Waals surface area contributed by atoms with Gasteiger partial charge in [0.1, 0.15) is 18.3 Å². The van der Waals surface area contributed by atoms with E-state index in [-0.39, 0.29) is 0 Å². The lowest BCUT2D eigenvalue weighted by molar-refractivity contribution is -0.249. The molecule has 0 saturated carbocycles. The summed E-state index contributed by atoms with van der Waals surface area (Å²) in [6.45, 7) is -1.13. The van der Waals surface area contributed by atoms with E-state index in [1.807, 2.05) is 4.98 Å². The molecule has 1 fully saturated rings. The minimum absolute atomic E-state index is 0.413. The normalized spacial score (nSPS) is 30.6. The van der Waals surface area contributed by atoms with Gasteiger partial charge in [-0.1, -0.05) is 0 Å². The molecule has 2 heterocycles. The van der Waals surface area contributed by atoms with Crippen LogP contribution >= 0.6 is 23.5 Å². The third-order valence-electron chi connectivity index (χ3n) is 3.74. The molecule has 2 unspecified atom stereocenters. The van der Waals surface area contributed by atoms with Crippen LogP contribution in [0.5, 0.6) is 0 Å². The van der Waals surface area contributed by atoms with Crippen molar-refractivity contribution in [1.29, 1.82) is 0 Å². The molecule has 1 aromatic rings. The maximum absolute atomic E-state index is 12.0. The van der Waals surface area contributed by atoms with E-state index >= 15 is 0 Å². The number of nitrogens with one attached hydrogen (secondary N) is 2. The van der Waals surface area contributed by atoms with Gasteiger partial charge in [-0.2, -0.15) is 8.62 Å². The third-order valence-corrected chi connectivity index (χ3v) is 7.54. The molecule has 0 radical (unpaired) electrons. The van der Waals surface area contributed by atoms with Crippen LogP contribution in [0.3, 0.4) is 0 Å². The van der Waals surface area contributed by atoms with E-state index in [1.165, 1.54) is 0 Å². The fourth-order valence-corrected chi connectivity index (χ4v) is 5.54. The van der Waals surface area contributed by atoms with Gasteiger partial charge in [0.25, 0.3) is 5.56 Å². The van der Waals surface area contributed by atoms with Gasteiger partial charge < -0.3 is 44.2 Å². The van der Waals surface area contributed by atoms with E-state index in [9.17, 15) is 38.4 Å². The Balaban J connectivity index is 2.18. The minimum Gasteiger partial charge on any atom is -0.385 e. The lowest BCUT2D eigenvalue weighted by atomic mass is 9.99. The molecule has 1 saturated heterocycles. The average molecular weight is 514 g/mol. The Kier molecular flexibility index (Phi) is 7.65. The van der Waals surface area contributed by atoms with Gasteiger partial charge in [0.2, 0.25) is 5.79 Å². The first-order valence-corrected chi connectivity index (χ1v) is 12.2. The Labute approximate surface area is 170 Å². The minimum atomic E-state index is -5.77. The summed E-state index contributed by atoms with van der Waals surface area (Å²) in [6, 6.07) is 0. The largest absolute Gasteiger partial charge is 0.490 e. The SMILES string of the molecule is CO[C@@]1(O)[C@H](O)[C@@H](COP(=O)(O)OP(=O)(O)OP(=O)(O)O)O[C@H]1c1c[nH]c(=O)[nH]c1=O. The monoisotopic (exact) mass is 514 g/mol. The number of aliphatic hydroxyl groups is 2. The van der Waals surface area contributed by atoms with Crippen molar-refractivity contribution < 1.29 is 66.1 Å². The van der Waals surface area contributed by atoms with E-state index in [2.05, 4.69) is 18.1 Å². The van der Waals surface area contributed by atoms with Crippen molar-refractivity contribution in [2.75, 3.05) is 13.7 Å². The number of aliphatic hydroxyl groups excluding tert-OH is 1. The quantitative estimate of drug-likeness (QED) is 0.125. The number of H-pyrrole nitrogens is 2. The van der Waals surface area contributed by atoms with Gasteiger partial charge in [0.05, 0.1) is 12.2 Å². The van der Waals surface area contributed by atoms with Crippen LogP contribution in [0.4, 0.5) is 0 Å². The van der Waals surface area contributed by atoms with Crippen molar-refractivity contribution in [3.63, 3.8) is 0 Å². The Morgan fingerprint density at radius 2 is 1.74 bits per heavy atom. The second kappa shape index (κ2) is 9.05. The predicted molar refractivity (Wildman–Crippen MR) is 93.1 cm³/mol. The van der Waals surface area contributed by atoms with Gasteiger partial charge in [-0.3, -0.25) is 14.3 Å². The fourth-order valence-electron chi connectivity index (χ4n) is 2.51. The van der Waals surface area contributed by atoms with Crippen LogP contribution in [0.1, 0.15) is 11.7 Å². The molecule has 0 aromatic carbocycles. The number of phosphoric acid groups is 3. The van der Waals surface area contributed by atoms with Crippen molar-refractivity contribution in [2.45, 2.75) is 24.1 Å². The number of hydrogen-bond donors (Lipinski definition) is 8. The van der Waals surface area contributed by atoms with Gasteiger partial charge in [-0.05, 0) is 0 Å². The van der Waals surface area contributed by atoms with Gasteiger partial charge in [-0.15, -0.1) is 0 Å². The first-order valence-electron chi connectivity index (χ1n) is 7.71. The molecule has 31 heavy (non-hydrogen) atoms. The molecule has 178 valence electrons. The van der Waals surface area contributed by atoms with Crippen LogP contribution in [0.15, 0.2) is 15.8 Å². The second-order valence-electron chi connectivity index (χ2n) is 5.87. The smallest absolute Gasteiger partial charge is 0.385 e. The third kappa shape index (κ3) is 6.47. The van der Waals surface area contributed by atoms with E-state index in [1.54, 1.807) is 0 Å². The van der Waals surface area contributed by atoms with E-state index < -0.39 is 71.0 Å². The summed E-state index contributed by atoms with van der Waals surface area (Å²) in [5.41, 5.74) is -2.33. The van der Waals surface area contributed by atoms with Crippen LogP contribution < -0.4 is 11.2 Å². The maximum atomic E-state index is 12.0. The molecule has 0 amide bonds. The molecule has 18 nitrogen and oxygen atoms in total. The van der Waals surface area contributed by atoms with Crippen LogP contribution in [0, 0.1) is 0 Å². The Morgan fingerprint density at radius 1 is 1.13 bits per heavy atom. The van der Waals surface area contributed by atoms with Crippen molar-refractivity contribution in [1.82, 2.24) is 9.97 Å². The topological polar surface area (TPSA) is 284 Å². The molecule has 1 aliphatic rings. The molecule has 2 rings (SSSR count). The first kappa shape index (κ1) is 26.2. The molecule has 0 bridgehead atoms. The summed E-state index contributed by atoms with van der Waals surface area (Å²) >= 11 is 0. The van der Waals surface area contributed by atoms with E-state index in [0.717, 1.165) is 13.3 Å². The molecule has 1 aromatic heterocycles. The van der Waals surface area contributed by atoms with Gasteiger partial charge >= 0.3 is 29.2 Å². The van der Waals surface area contributed by atoms with Gasteiger partial charge in [0, 0.05) is 13.3 Å². The number of methoxy groups -OCH3 is 1. The van der Waals surface area contributed by atoms with Crippen molar-refractivity contribution in [3.8, 4) is 0 Å². The number of phosphoric ester groups is 1. The van der Waals surface area contributed by atoms with Crippen molar-refractivity contribution in [3.05, 3.63) is 32.6 Å². The Hall–Kier alpha value is -1.07. The molecular formula is C10H17N2O16P3. The van der Waals surface area contributed by atoms with Crippen LogP contribution in [0.25, 0.3) is 0 Å². The predicted octanol–water partition coefficient (Wildman–Crippen LogP) is -2.46. The lowest BCUT2D eigenvalue weighted by Gasteiger charge is -2.28. The highest BCUT2D eigenvalue weighted by Crippen LogP contribution is 2.66. The summed E-state index contributed by atoms with van der Waals surface area (Å²) in [4.78, 5) is 62.5. The highest BCUT2D eigenvalue weighted by atomic mass is 31.3. The maximum Gasteiger partial charge on any atom is 0.490 e. The number of aromatic amines is 2. The summed E-state index contributed by atoms with van der Waals surface area (Å²) in [7, 11) is -16.0. The number of aromatic nitrogens is 2. The number of hydrogen-bond acceptors (Lipinski definition) is 12. The number of rotatable bonds is 9. The summed E-state index contributed by atoms with van der Waals surface area (Å²) < 4.78 is 55.1. The molecular weight excluding hydrogens is 497 g/mol. The van der Waals surface area contributed by atoms with Gasteiger partial charge in [-0.25, -0.2) is 18.5 Å². The number of ether oxygens (including phenoxy) is 2. The zero-order valence-corrected chi connectivity index (χ0v) is 17.8. The van der Waals surface area contributed by atoms with Crippen LogP contribution in [-0.2, 0) is 36.3 Å². The second-order valence-corrected chi connectivity index (χ2v) is 10.3. The van der Waals surface area contributed by atoms with Crippen LogP contribution in [-0.4, -0.2) is 71.5 Å². The van der Waals surface area contributed by atoms with Gasteiger partial charge in [0.15, 0.2) is 0 Å². The average Bonchev–Trinajstić information content (AvgIpc) is 2.82. The highest BCUT2D eigenvalue weighted by Gasteiger charge is 2.58. The zero-order chi connectivity index (χ0) is 23.8. The first-order chi connectivity index (χ1) is 14.0. The fraction of sp³-hybridized carbons (Fsp3) is 0.600.